The summed E-state index contributed by atoms with van der Waals surface area (Å²) in [7, 11) is 2.27. The summed E-state index contributed by atoms with van der Waals surface area (Å²) in [6, 6.07) is 15.5. The maximum atomic E-state index is 9.12. The lowest BCUT2D eigenvalue weighted by Gasteiger charge is -2.36. The first-order valence-electron chi connectivity index (χ1n) is 24.8. The van der Waals surface area contributed by atoms with Crippen LogP contribution < -0.4 is 9.47 Å². The van der Waals surface area contributed by atoms with Crippen LogP contribution in [0, 0.1) is 0 Å². The molecule has 17 heteroatoms. The third kappa shape index (κ3) is 30.8. The highest BCUT2D eigenvalue weighted by Crippen LogP contribution is 2.45. The van der Waals surface area contributed by atoms with E-state index in [-0.39, 0.29) is 44.1 Å². The molecule has 0 aliphatic heterocycles. The number of hydrogen-bond donors (Lipinski definition) is 1. The Morgan fingerprint density at radius 1 is 0.647 bits per heavy atom. The molecule has 0 saturated carbocycles. The molecule has 0 bridgehead atoms. The third-order valence-electron chi connectivity index (χ3n) is 11.0. The number of benzene rings is 2. The van der Waals surface area contributed by atoms with Crippen molar-refractivity contribution < 1.29 is 42.8 Å². The summed E-state index contributed by atoms with van der Waals surface area (Å²) in [6.07, 6.45) is 17.9. The van der Waals surface area contributed by atoms with E-state index in [1.165, 1.54) is 57.6 Å². The van der Waals surface area contributed by atoms with Gasteiger partial charge in [0.2, 0.25) is 0 Å². The van der Waals surface area contributed by atoms with Gasteiger partial charge in [0.25, 0.3) is 0 Å². The smallest absolute Gasteiger partial charge is 0.145 e. The van der Waals surface area contributed by atoms with Gasteiger partial charge in [0.15, 0.2) is 0 Å². The van der Waals surface area contributed by atoms with Crippen LogP contribution in [-0.2, 0) is 41.4 Å². The summed E-state index contributed by atoms with van der Waals surface area (Å²) in [5, 5.41) is 16.5. The number of azide groups is 2. The molecule has 68 heavy (non-hydrogen) atoms. The Labute approximate surface area is 410 Å². The summed E-state index contributed by atoms with van der Waals surface area (Å²) in [4.78, 5) is 5.74. The Balaban J connectivity index is 0.000000724. The van der Waals surface area contributed by atoms with E-state index < -0.39 is 20.4 Å². The fourth-order valence-corrected chi connectivity index (χ4v) is 9.22. The van der Waals surface area contributed by atoms with Gasteiger partial charge in [0.1, 0.15) is 26.1 Å². The van der Waals surface area contributed by atoms with Crippen LogP contribution in [0.1, 0.15) is 143 Å². The van der Waals surface area contributed by atoms with Gasteiger partial charge >= 0.3 is 0 Å². The fraction of sp³-hybridized carbons (Fsp3) is 0.725. The van der Waals surface area contributed by atoms with Crippen LogP contribution in [0.15, 0.2) is 71.6 Å². The van der Waals surface area contributed by atoms with Crippen LogP contribution in [0.25, 0.3) is 20.9 Å². The Morgan fingerprint density at radius 3 is 1.49 bits per heavy atom. The predicted octanol–water partition coefficient (Wildman–Crippen LogP) is 13.6. The van der Waals surface area contributed by atoms with Crippen LogP contribution in [0.4, 0.5) is 0 Å². The van der Waals surface area contributed by atoms with E-state index in [2.05, 4.69) is 72.8 Å². The number of aliphatic hydroxyl groups is 1. The van der Waals surface area contributed by atoms with Gasteiger partial charge in [-0.25, -0.2) is 0 Å². The van der Waals surface area contributed by atoms with E-state index in [1.54, 1.807) is 14.2 Å². The molecule has 0 radical (unpaired) electrons. The van der Waals surface area contributed by atoms with Crippen molar-refractivity contribution in [2.24, 2.45) is 10.2 Å². The number of nitrogens with zero attached hydrogens (tertiary/aromatic N) is 7. The Kier molecular flexibility index (Phi) is 38.7. The Morgan fingerprint density at radius 2 is 1.09 bits per heavy atom. The first-order chi connectivity index (χ1) is 33.1. The Hall–Kier alpha value is -3.65. The molecule has 0 saturated heterocycles. The summed E-state index contributed by atoms with van der Waals surface area (Å²) >= 11 is 0. The highest BCUT2D eigenvalue weighted by molar-refractivity contribution is 7.49. The molecule has 0 spiro atoms. The number of ether oxygens (including phenoxy) is 7. The summed E-state index contributed by atoms with van der Waals surface area (Å²) in [5.74, 6) is 1.67. The second kappa shape index (κ2) is 42.2. The molecule has 0 aromatic heterocycles. The number of hydrogen-bond acceptors (Lipinski definition) is 12. The van der Waals surface area contributed by atoms with Gasteiger partial charge in [-0.15, -0.1) is 0 Å². The molecule has 0 aliphatic rings. The molecular weight excluding hydrogens is 886 g/mol. The predicted molar refractivity (Wildman–Crippen MR) is 275 cm³/mol. The molecule has 2 rings (SSSR count). The van der Waals surface area contributed by atoms with Crippen molar-refractivity contribution in [3.8, 4) is 11.5 Å². The standard InChI is InChI=1S/C30H53N4O5P.C21H35N3O4/c1-8-10-11-12-13-14-30(38-21-27-15-17-29(35-7)18-16-27)19-20-37-22-28(32-33-31)23-39-40(24-36-9-2)34(25(3)4)26(5)6;1-3-4-5-6-7-8-21(13-14-27-17-19(15-25)23-24-22)28-16-18-9-11-20(26-2)12-10-18/h9,15-18,25-26,28,30H,2,8,10-14,19-24H2,1,3-7H3;9-12,19,21,25H,3-8,13-17H2,1-2H3/t28?,30-,40?;19?,21-/m11/s1. The van der Waals surface area contributed by atoms with Crippen molar-refractivity contribution in [3.05, 3.63) is 93.4 Å². The zero-order valence-corrected chi connectivity index (χ0v) is 43.8. The van der Waals surface area contributed by atoms with Gasteiger partial charge in [0.05, 0.1) is 84.4 Å². The minimum absolute atomic E-state index is 0.104. The molecule has 386 valence electrons. The van der Waals surface area contributed by atoms with Crippen molar-refractivity contribution in [2.45, 2.75) is 181 Å². The lowest BCUT2D eigenvalue weighted by atomic mass is 10.1. The molecule has 16 nitrogen and oxygen atoms in total. The second-order valence-corrected chi connectivity index (χ2v) is 19.0. The summed E-state index contributed by atoms with van der Waals surface area (Å²) in [6.45, 7) is 19.4. The van der Waals surface area contributed by atoms with Crippen LogP contribution in [0.5, 0.6) is 11.5 Å². The van der Waals surface area contributed by atoms with Gasteiger partial charge in [0, 0.05) is 35.1 Å². The number of aliphatic hydroxyl groups excluding tert-OH is 1. The van der Waals surface area contributed by atoms with Crippen molar-refractivity contribution >= 4 is 8.30 Å². The monoisotopic (exact) mass is 974 g/mol. The van der Waals surface area contributed by atoms with E-state index in [4.69, 9.17) is 53.9 Å². The van der Waals surface area contributed by atoms with E-state index in [1.807, 2.05) is 48.5 Å². The minimum Gasteiger partial charge on any atom is -0.497 e. The summed E-state index contributed by atoms with van der Waals surface area (Å²) < 4.78 is 48.5. The summed E-state index contributed by atoms with van der Waals surface area (Å²) in [5.41, 5.74) is 19.8. The molecule has 0 fully saturated rings. The van der Waals surface area contributed by atoms with E-state index in [0.717, 1.165) is 61.2 Å². The molecule has 2 aromatic carbocycles. The lowest BCUT2D eigenvalue weighted by Crippen LogP contribution is -2.34. The normalized spacial score (nSPS) is 13.4. The Bertz CT molecular complexity index is 1590. The highest BCUT2D eigenvalue weighted by atomic mass is 31.2. The lowest BCUT2D eigenvalue weighted by molar-refractivity contribution is 0.00251. The van der Waals surface area contributed by atoms with Crippen LogP contribution in [0.2, 0.25) is 0 Å². The van der Waals surface area contributed by atoms with Crippen molar-refractivity contribution in [1.82, 2.24) is 4.67 Å². The average Bonchev–Trinajstić information content (AvgIpc) is 3.34. The van der Waals surface area contributed by atoms with Crippen LogP contribution >= 0.6 is 8.30 Å². The zero-order valence-electron chi connectivity index (χ0n) is 42.9. The van der Waals surface area contributed by atoms with E-state index in [0.29, 0.717) is 39.4 Å². The quantitative estimate of drug-likeness (QED) is 0.0167. The maximum Gasteiger partial charge on any atom is 0.145 e. The molecular formula is C51H88N7O9P. The SMILES string of the molecule is C=COCP(OCC(COCC[C@@H](CCCCCCC)OCc1ccc(OC)cc1)N=[N+]=[N-])N(C(C)C)C(C)C.CCCCCCC[C@H](CCOCC(CO)N=[N+]=[N-])OCc1ccc(OC)cc1. The van der Waals surface area contributed by atoms with Gasteiger partial charge < -0.3 is 42.8 Å². The number of methoxy groups -OCH3 is 2. The van der Waals surface area contributed by atoms with Gasteiger partial charge in [-0.3, -0.25) is 4.67 Å². The molecule has 2 aromatic rings. The van der Waals surface area contributed by atoms with Gasteiger partial charge in [-0.2, -0.15) is 0 Å². The topological polar surface area (TPSA) is 195 Å². The van der Waals surface area contributed by atoms with Crippen LogP contribution in [0.3, 0.4) is 0 Å². The van der Waals surface area contributed by atoms with Crippen molar-refractivity contribution in [3.63, 3.8) is 0 Å². The third-order valence-corrected chi connectivity index (χ3v) is 13.3. The first-order valence-corrected chi connectivity index (χ1v) is 26.2. The number of rotatable bonds is 42. The highest BCUT2D eigenvalue weighted by Gasteiger charge is 2.27. The second-order valence-electron chi connectivity index (χ2n) is 17.3. The molecule has 3 unspecified atom stereocenters. The maximum absolute atomic E-state index is 9.12. The minimum atomic E-state index is -1.05. The fourth-order valence-electron chi connectivity index (χ4n) is 7.27. The van der Waals surface area contributed by atoms with E-state index >= 15 is 0 Å². The average molecular weight is 974 g/mol. The van der Waals surface area contributed by atoms with Crippen LogP contribution in [-0.4, -0.2) is 106 Å². The van der Waals surface area contributed by atoms with E-state index in [9.17, 15) is 0 Å². The van der Waals surface area contributed by atoms with Crippen molar-refractivity contribution in [1.29, 1.82) is 0 Å². The molecule has 5 atom stereocenters. The number of unbranched alkanes of at least 4 members (excludes halogenated alkanes) is 8. The molecule has 0 aliphatic carbocycles. The largest absolute Gasteiger partial charge is 0.497 e. The zero-order chi connectivity index (χ0) is 50.0. The van der Waals surface area contributed by atoms with Crippen molar-refractivity contribution in [2.75, 3.05) is 60.2 Å². The molecule has 0 heterocycles. The first kappa shape index (κ1) is 62.4. The molecule has 1 N–H and O–H groups in total. The van der Waals surface area contributed by atoms with Gasteiger partial charge in [-0.1, -0.05) is 119 Å². The van der Waals surface area contributed by atoms with Gasteiger partial charge in [-0.05, 0) is 99.8 Å². The molecule has 0 amide bonds.